The van der Waals surface area contributed by atoms with Crippen molar-refractivity contribution in [3.63, 3.8) is 0 Å². The normalized spacial score (nSPS) is 15.7. The minimum atomic E-state index is -0.535. The first-order valence-electron chi connectivity index (χ1n) is 6.44. The third-order valence-electron chi connectivity index (χ3n) is 3.70. The summed E-state index contributed by atoms with van der Waals surface area (Å²) < 4.78 is 13.0. The van der Waals surface area contributed by atoms with Gasteiger partial charge in [-0.25, -0.2) is 4.39 Å². The summed E-state index contributed by atoms with van der Waals surface area (Å²) in [6, 6.07) is 13.2. The zero-order valence-corrected chi connectivity index (χ0v) is 11.5. The standard InChI is InChI=1S/C16H13ClFNO/c17-13-3-1-2-4-14(13)19-15(20)16(9-10-16)11-5-7-12(18)8-6-11/h1-8H,9-10H2,(H,19,20). The largest absolute Gasteiger partial charge is 0.324 e. The van der Waals surface area contributed by atoms with E-state index in [9.17, 15) is 9.18 Å². The zero-order chi connectivity index (χ0) is 14.2. The molecule has 0 aromatic heterocycles. The van der Waals surface area contributed by atoms with E-state index in [0.29, 0.717) is 10.7 Å². The highest BCUT2D eigenvalue weighted by molar-refractivity contribution is 6.33. The van der Waals surface area contributed by atoms with Gasteiger partial charge in [0.1, 0.15) is 5.82 Å². The van der Waals surface area contributed by atoms with Crippen LogP contribution in [0.2, 0.25) is 5.02 Å². The lowest BCUT2D eigenvalue weighted by atomic mass is 9.95. The number of halogens is 2. The van der Waals surface area contributed by atoms with Crippen molar-refractivity contribution in [2.24, 2.45) is 0 Å². The van der Waals surface area contributed by atoms with E-state index in [0.717, 1.165) is 18.4 Å². The first-order valence-corrected chi connectivity index (χ1v) is 6.82. The van der Waals surface area contributed by atoms with Gasteiger partial charge in [-0.15, -0.1) is 0 Å². The fourth-order valence-corrected chi connectivity index (χ4v) is 2.53. The molecule has 2 aromatic carbocycles. The predicted octanol–water partition coefficient (Wildman–Crippen LogP) is 4.15. The number of amides is 1. The van der Waals surface area contributed by atoms with E-state index in [1.54, 1.807) is 24.3 Å². The van der Waals surface area contributed by atoms with E-state index < -0.39 is 5.41 Å². The molecular formula is C16H13ClFNO. The lowest BCUT2D eigenvalue weighted by molar-refractivity contribution is -0.118. The summed E-state index contributed by atoms with van der Waals surface area (Å²) in [6.45, 7) is 0. The third-order valence-corrected chi connectivity index (χ3v) is 4.03. The molecule has 0 unspecified atom stereocenters. The average Bonchev–Trinajstić information content (AvgIpc) is 3.24. The molecule has 1 amide bonds. The summed E-state index contributed by atoms with van der Waals surface area (Å²) in [5.74, 6) is -0.381. The van der Waals surface area contributed by atoms with Crippen LogP contribution in [-0.4, -0.2) is 5.91 Å². The molecule has 0 atom stereocenters. The van der Waals surface area contributed by atoms with E-state index in [-0.39, 0.29) is 11.7 Å². The molecule has 20 heavy (non-hydrogen) atoms. The molecule has 102 valence electrons. The Kier molecular flexibility index (Phi) is 3.22. The molecule has 1 aliphatic carbocycles. The Morgan fingerprint density at radius 1 is 1.10 bits per heavy atom. The van der Waals surface area contributed by atoms with Crippen LogP contribution < -0.4 is 5.32 Å². The lowest BCUT2D eigenvalue weighted by Gasteiger charge is -2.16. The molecule has 1 aliphatic rings. The molecule has 3 rings (SSSR count). The van der Waals surface area contributed by atoms with Crippen molar-refractivity contribution in [1.82, 2.24) is 0 Å². The summed E-state index contributed by atoms with van der Waals surface area (Å²) in [7, 11) is 0. The van der Waals surface area contributed by atoms with E-state index in [1.807, 2.05) is 12.1 Å². The Morgan fingerprint density at radius 3 is 2.35 bits per heavy atom. The summed E-state index contributed by atoms with van der Waals surface area (Å²) in [5.41, 5.74) is 0.920. The smallest absolute Gasteiger partial charge is 0.235 e. The number of rotatable bonds is 3. The van der Waals surface area contributed by atoms with Gasteiger partial charge in [-0.3, -0.25) is 4.79 Å². The molecule has 0 saturated heterocycles. The number of para-hydroxylation sites is 1. The Hall–Kier alpha value is -1.87. The van der Waals surface area contributed by atoms with Crippen LogP contribution in [0.25, 0.3) is 0 Å². The summed E-state index contributed by atoms with van der Waals surface area (Å²) in [4.78, 5) is 12.5. The molecule has 4 heteroatoms. The van der Waals surface area contributed by atoms with Gasteiger partial charge in [0.05, 0.1) is 16.1 Å². The van der Waals surface area contributed by atoms with Gasteiger partial charge in [0.25, 0.3) is 0 Å². The highest BCUT2D eigenvalue weighted by atomic mass is 35.5. The number of anilines is 1. The predicted molar refractivity (Wildman–Crippen MR) is 77.4 cm³/mol. The molecule has 0 spiro atoms. The number of carbonyl (C=O) groups excluding carboxylic acids is 1. The molecule has 2 nitrogen and oxygen atoms in total. The van der Waals surface area contributed by atoms with Crippen LogP contribution in [0.5, 0.6) is 0 Å². The minimum Gasteiger partial charge on any atom is -0.324 e. The maximum absolute atomic E-state index is 13.0. The fourth-order valence-electron chi connectivity index (χ4n) is 2.35. The Labute approximate surface area is 121 Å². The summed E-state index contributed by atoms with van der Waals surface area (Å²) in [6.07, 6.45) is 1.55. The van der Waals surface area contributed by atoms with E-state index in [4.69, 9.17) is 11.6 Å². The van der Waals surface area contributed by atoms with E-state index in [1.165, 1.54) is 12.1 Å². The summed E-state index contributed by atoms with van der Waals surface area (Å²) >= 11 is 6.04. The second kappa shape index (κ2) is 4.91. The van der Waals surface area contributed by atoms with Gasteiger partial charge < -0.3 is 5.32 Å². The molecule has 1 saturated carbocycles. The third kappa shape index (κ3) is 2.29. The van der Waals surface area contributed by atoms with Crippen molar-refractivity contribution < 1.29 is 9.18 Å². The first kappa shape index (κ1) is 13.1. The molecule has 1 N–H and O–H groups in total. The highest BCUT2D eigenvalue weighted by Crippen LogP contribution is 2.49. The maximum atomic E-state index is 13.0. The Balaban J connectivity index is 1.84. The van der Waals surface area contributed by atoms with Crippen LogP contribution in [0.3, 0.4) is 0 Å². The lowest BCUT2D eigenvalue weighted by Crippen LogP contribution is -2.27. The van der Waals surface area contributed by atoms with Crippen molar-refractivity contribution in [2.75, 3.05) is 5.32 Å². The zero-order valence-electron chi connectivity index (χ0n) is 10.7. The number of hydrogen-bond acceptors (Lipinski definition) is 1. The molecule has 0 bridgehead atoms. The SMILES string of the molecule is O=C(Nc1ccccc1Cl)C1(c2ccc(F)cc2)CC1. The van der Waals surface area contributed by atoms with Crippen LogP contribution >= 0.6 is 11.6 Å². The van der Waals surface area contributed by atoms with Gasteiger partial charge in [0.15, 0.2) is 0 Å². The van der Waals surface area contributed by atoms with Crippen molar-refractivity contribution in [2.45, 2.75) is 18.3 Å². The topological polar surface area (TPSA) is 29.1 Å². The van der Waals surface area contributed by atoms with Crippen LogP contribution in [0.4, 0.5) is 10.1 Å². The quantitative estimate of drug-likeness (QED) is 0.903. The fraction of sp³-hybridized carbons (Fsp3) is 0.188. The average molecular weight is 290 g/mol. The minimum absolute atomic E-state index is 0.0859. The van der Waals surface area contributed by atoms with Crippen molar-refractivity contribution in [1.29, 1.82) is 0 Å². The van der Waals surface area contributed by atoms with Crippen LogP contribution in [-0.2, 0) is 10.2 Å². The molecule has 0 aliphatic heterocycles. The Bertz CT molecular complexity index is 650. The molecule has 2 aromatic rings. The number of carbonyl (C=O) groups is 1. The monoisotopic (exact) mass is 289 g/mol. The second-order valence-corrected chi connectivity index (χ2v) is 5.43. The van der Waals surface area contributed by atoms with E-state index in [2.05, 4.69) is 5.32 Å². The van der Waals surface area contributed by atoms with Gasteiger partial charge in [-0.2, -0.15) is 0 Å². The molecule has 0 heterocycles. The Morgan fingerprint density at radius 2 is 1.75 bits per heavy atom. The van der Waals surface area contributed by atoms with E-state index >= 15 is 0 Å². The van der Waals surface area contributed by atoms with Crippen molar-refractivity contribution in [3.05, 3.63) is 64.9 Å². The molecule has 1 fully saturated rings. The van der Waals surface area contributed by atoms with Gasteiger partial charge >= 0.3 is 0 Å². The van der Waals surface area contributed by atoms with Crippen molar-refractivity contribution in [3.8, 4) is 0 Å². The van der Waals surface area contributed by atoms with Crippen LogP contribution in [0.1, 0.15) is 18.4 Å². The second-order valence-electron chi connectivity index (χ2n) is 5.02. The van der Waals surface area contributed by atoms with Gasteiger partial charge in [-0.05, 0) is 42.7 Å². The van der Waals surface area contributed by atoms with Gasteiger partial charge in [-0.1, -0.05) is 35.9 Å². The number of hydrogen-bond donors (Lipinski definition) is 1. The number of benzene rings is 2. The maximum Gasteiger partial charge on any atom is 0.235 e. The van der Waals surface area contributed by atoms with Gasteiger partial charge in [0.2, 0.25) is 5.91 Å². The van der Waals surface area contributed by atoms with Crippen LogP contribution in [0.15, 0.2) is 48.5 Å². The number of nitrogens with one attached hydrogen (secondary N) is 1. The summed E-state index contributed by atoms with van der Waals surface area (Å²) in [5, 5.41) is 3.37. The van der Waals surface area contributed by atoms with Crippen molar-refractivity contribution >= 4 is 23.2 Å². The highest BCUT2D eigenvalue weighted by Gasteiger charge is 2.51. The van der Waals surface area contributed by atoms with Gasteiger partial charge in [0, 0.05) is 0 Å². The first-order chi connectivity index (χ1) is 9.62. The molecule has 0 radical (unpaired) electrons. The van der Waals surface area contributed by atoms with Crippen LogP contribution in [0, 0.1) is 5.82 Å². The molecular weight excluding hydrogens is 277 g/mol.